The number of nitrogens with zero attached hydrogens (tertiary/aromatic N) is 1. The molecule has 0 fully saturated rings. The van der Waals surface area contributed by atoms with Crippen molar-refractivity contribution in [2.24, 2.45) is 0 Å². The van der Waals surface area contributed by atoms with Crippen LogP contribution in [0.1, 0.15) is 27.9 Å². The minimum atomic E-state index is -1.01. The second-order valence-electron chi connectivity index (χ2n) is 4.18. The maximum atomic E-state index is 11.8. The van der Waals surface area contributed by atoms with Crippen molar-refractivity contribution in [3.63, 3.8) is 0 Å². The molecule has 1 amide bonds. The Morgan fingerprint density at radius 2 is 2.10 bits per heavy atom. The maximum absolute atomic E-state index is 11.8. The number of aryl methyl sites for hydroxylation is 1. The molecule has 0 spiro atoms. The molecular weight excluding hydrogens is 303 g/mol. The first-order chi connectivity index (χ1) is 9.49. The summed E-state index contributed by atoms with van der Waals surface area (Å²) in [4.78, 5) is 11.8. The van der Waals surface area contributed by atoms with Gasteiger partial charge in [-0.15, -0.1) is 0 Å². The summed E-state index contributed by atoms with van der Waals surface area (Å²) in [5.74, 6) is 0.0916. The third-order valence-electron chi connectivity index (χ3n) is 2.65. The Morgan fingerprint density at radius 3 is 2.65 bits per heavy atom. The van der Waals surface area contributed by atoms with Gasteiger partial charge >= 0.3 is 0 Å². The number of rotatable bonds is 4. The number of carbonyl (C=O) groups is 1. The number of aliphatic hydroxyl groups is 1. The summed E-state index contributed by atoms with van der Waals surface area (Å²) in [6.45, 7) is 1.65. The number of benzene rings is 1. The summed E-state index contributed by atoms with van der Waals surface area (Å²) in [5, 5.41) is 16.9. The van der Waals surface area contributed by atoms with Crippen molar-refractivity contribution in [2.45, 2.75) is 13.0 Å². The molecule has 2 N–H and O–H groups in total. The topological polar surface area (TPSA) is 75.4 Å². The van der Waals surface area contributed by atoms with Crippen molar-refractivity contribution >= 4 is 29.1 Å². The fourth-order valence-corrected chi connectivity index (χ4v) is 2.33. The molecule has 1 atom stereocenters. The van der Waals surface area contributed by atoms with Crippen molar-refractivity contribution in [3.8, 4) is 0 Å². The second-order valence-corrected chi connectivity index (χ2v) is 5.00. The number of amides is 1. The van der Waals surface area contributed by atoms with E-state index in [1.54, 1.807) is 25.1 Å². The van der Waals surface area contributed by atoms with Gasteiger partial charge in [0, 0.05) is 28.2 Å². The average molecular weight is 315 g/mol. The fourth-order valence-electron chi connectivity index (χ4n) is 1.68. The highest BCUT2D eigenvalue weighted by Crippen LogP contribution is 2.29. The van der Waals surface area contributed by atoms with E-state index in [2.05, 4.69) is 10.5 Å². The molecule has 0 saturated carbocycles. The lowest BCUT2D eigenvalue weighted by atomic mass is 10.1. The lowest BCUT2D eigenvalue weighted by Gasteiger charge is -2.14. The van der Waals surface area contributed by atoms with Crippen LogP contribution >= 0.6 is 23.2 Å². The van der Waals surface area contributed by atoms with Gasteiger partial charge in [0.15, 0.2) is 5.69 Å². The summed E-state index contributed by atoms with van der Waals surface area (Å²) in [6.07, 6.45) is -1.01. The molecule has 1 heterocycles. The number of hydrogen-bond donors (Lipinski definition) is 2. The van der Waals surface area contributed by atoms with Crippen molar-refractivity contribution in [1.29, 1.82) is 0 Å². The number of aromatic nitrogens is 1. The molecule has 0 aliphatic heterocycles. The molecule has 1 aromatic carbocycles. The van der Waals surface area contributed by atoms with Gasteiger partial charge in [0.1, 0.15) is 5.76 Å². The third kappa shape index (κ3) is 3.30. The molecule has 0 radical (unpaired) electrons. The van der Waals surface area contributed by atoms with Crippen molar-refractivity contribution in [2.75, 3.05) is 6.54 Å². The van der Waals surface area contributed by atoms with Crippen LogP contribution in [0.25, 0.3) is 0 Å². The number of hydrogen-bond acceptors (Lipinski definition) is 4. The van der Waals surface area contributed by atoms with Gasteiger partial charge in [0.2, 0.25) is 0 Å². The predicted octanol–water partition coefficient (Wildman–Crippen LogP) is 2.75. The van der Waals surface area contributed by atoms with Crippen LogP contribution in [-0.4, -0.2) is 22.7 Å². The van der Waals surface area contributed by atoms with Gasteiger partial charge < -0.3 is 14.9 Å². The van der Waals surface area contributed by atoms with Crippen LogP contribution < -0.4 is 5.32 Å². The Bertz CT molecular complexity index is 608. The molecule has 5 nitrogen and oxygen atoms in total. The molecule has 0 saturated heterocycles. The molecule has 20 heavy (non-hydrogen) atoms. The SMILES string of the molecule is Cc1cc(C(=O)NCC(O)c2c(Cl)cccc2Cl)no1. The van der Waals surface area contributed by atoms with Gasteiger partial charge in [-0.2, -0.15) is 0 Å². The molecular formula is C13H12Cl2N2O3. The van der Waals surface area contributed by atoms with Gasteiger partial charge in [-0.05, 0) is 19.1 Å². The normalized spacial score (nSPS) is 12.2. The molecule has 1 aromatic heterocycles. The van der Waals surface area contributed by atoms with Crippen molar-refractivity contribution in [1.82, 2.24) is 10.5 Å². The molecule has 0 aliphatic carbocycles. The third-order valence-corrected chi connectivity index (χ3v) is 3.31. The zero-order valence-electron chi connectivity index (χ0n) is 10.6. The smallest absolute Gasteiger partial charge is 0.273 e. The molecule has 2 aromatic rings. The van der Waals surface area contributed by atoms with E-state index < -0.39 is 12.0 Å². The van der Waals surface area contributed by atoms with Crippen LogP contribution in [0.3, 0.4) is 0 Å². The monoisotopic (exact) mass is 314 g/mol. The summed E-state index contributed by atoms with van der Waals surface area (Å²) >= 11 is 12.0. The van der Waals surface area contributed by atoms with Crippen molar-refractivity contribution < 1.29 is 14.4 Å². The predicted molar refractivity (Wildman–Crippen MR) is 75.0 cm³/mol. The maximum Gasteiger partial charge on any atom is 0.273 e. The van der Waals surface area contributed by atoms with Crippen LogP contribution in [0, 0.1) is 6.92 Å². The fraction of sp³-hybridized carbons (Fsp3) is 0.231. The minimum Gasteiger partial charge on any atom is -0.386 e. The van der Waals surface area contributed by atoms with Gasteiger partial charge in [-0.25, -0.2) is 0 Å². The Labute approximate surface area is 125 Å². The van der Waals surface area contributed by atoms with Crippen LogP contribution in [-0.2, 0) is 0 Å². The quantitative estimate of drug-likeness (QED) is 0.910. The van der Waals surface area contributed by atoms with Crippen LogP contribution in [0.15, 0.2) is 28.8 Å². The minimum absolute atomic E-state index is 0.0335. The van der Waals surface area contributed by atoms with E-state index in [-0.39, 0.29) is 12.2 Å². The Hall–Kier alpha value is -1.56. The first kappa shape index (κ1) is 14.8. The highest BCUT2D eigenvalue weighted by Gasteiger charge is 2.17. The summed E-state index contributed by atoms with van der Waals surface area (Å²) < 4.78 is 4.80. The molecule has 0 aliphatic rings. The summed E-state index contributed by atoms with van der Waals surface area (Å²) in [6, 6.07) is 6.42. The zero-order chi connectivity index (χ0) is 14.7. The van der Waals surface area contributed by atoms with Gasteiger partial charge in [0.25, 0.3) is 5.91 Å². The van der Waals surface area contributed by atoms with E-state index in [9.17, 15) is 9.90 Å². The number of nitrogens with one attached hydrogen (secondary N) is 1. The molecule has 0 bridgehead atoms. The van der Waals surface area contributed by atoms with E-state index >= 15 is 0 Å². The average Bonchev–Trinajstić information content (AvgIpc) is 2.82. The largest absolute Gasteiger partial charge is 0.386 e. The lowest BCUT2D eigenvalue weighted by molar-refractivity contribution is 0.0907. The summed E-state index contributed by atoms with van der Waals surface area (Å²) in [7, 11) is 0. The highest BCUT2D eigenvalue weighted by molar-refractivity contribution is 6.36. The van der Waals surface area contributed by atoms with Crippen LogP contribution in [0.5, 0.6) is 0 Å². The van der Waals surface area contributed by atoms with Gasteiger partial charge in [-0.3, -0.25) is 4.79 Å². The molecule has 1 unspecified atom stereocenters. The van der Waals surface area contributed by atoms with Crippen molar-refractivity contribution in [3.05, 3.63) is 51.3 Å². The Morgan fingerprint density at radius 1 is 1.45 bits per heavy atom. The number of carbonyl (C=O) groups excluding carboxylic acids is 1. The van der Waals surface area contributed by atoms with Gasteiger partial charge in [0.05, 0.1) is 6.10 Å². The summed E-state index contributed by atoms with van der Waals surface area (Å²) in [5.41, 5.74) is 0.535. The Kier molecular flexibility index (Phi) is 4.65. The van der Waals surface area contributed by atoms with E-state index in [0.717, 1.165) is 0 Å². The van der Waals surface area contributed by atoms with E-state index in [1.807, 2.05) is 0 Å². The Balaban J connectivity index is 2.02. The number of halogens is 2. The number of aliphatic hydroxyl groups excluding tert-OH is 1. The molecule has 7 heteroatoms. The van der Waals surface area contributed by atoms with Crippen LogP contribution in [0.2, 0.25) is 10.0 Å². The van der Waals surface area contributed by atoms with E-state index in [4.69, 9.17) is 27.7 Å². The van der Waals surface area contributed by atoms with Gasteiger partial charge in [-0.1, -0.05) is 34.4 Å². The standard InChI is InChI=1S/C13H12Cl2N2O3/c1-7-5-10(17-20-7)13(19)16-6-11(18)12-8(14)3-2-4-9(12)15/h2-5,11,18H,6H2,1H3,(H,16,19). The second kappa shape index (κ2) is 6.26. The first-order valence-corrected chi connectivity index (χ1v) is 6.58. The zero-order valence-corrected chi connectivity index (χ0v) is 12.1. The van der Waals surface area contributed by atoms with E-state index in [1.165, 1.54) is 6.07 Å². The molecule has 106 valence electrons. The highest BCUT2D eigenvalue weighted by atomic mass is 35.5. The molecule has 2 rings (SSSR count). The van der Waals surface area contributed by atoms with Crippen LogP contribution in [0.4, 0.5) is 0 Å². The first-order valence-electron chi connectivity index (χ1n) is 5.82. The lowest BCUT2D eigenvalue weighted by Crippen LogP contribution is -2.28. The van der Waals surface area contributed by atoms with E-state index in [0.29, 0.717) is 21.4 Å².